The summed E-state index contributed by atoms with van der Waals surface area (Å²) in [5.41, 5.74) is 2.26. The highest BCUT2D eigenvalue weighted by molar-refractivity contribution is 5.97. The summed E-state index contributed by atoms with van der Waals surface area (Å²) >= 11 is 0. The molecular formula is C22H35NO3. The largest absolute Gasteiger partial charge is 0.490 e. The van der Waals surface area contributed by atoms with Crippen LogP contribution in [0.2, 0.25) is 0 Å². The summed E-state index contributed by atoms with van der Waals surface area (Å²) in [6.07, 6.45) is 6.99. The van der Waals surface area contributed by atoms with Crippen molar-refractivity contribution in [2.45, 2.75) is 91.3 Å². The maximum atomic E-state index is 13.1. The van der Waals surface area contributed by atoms with Crippen LogP contribution in [0, 0.1) is 13.8 Å². The van der Waals surface area contributed by atoms with Gasteiger partial charge in [-0.3, -0.25) is 4.79 Å². The highest BCUT2D eigenvalue weighted by Crippen LogP contribution is 2.34. The lowest BCUT2D eigenvalue weighted by molar-refractivity contribution is -0.146. The number of hydrogen-bond acceptors (Lipinski definition) is 3. The number of rotatable bonds is 8. The van der Waals surface area contributed by atoms with Gasteiger partial charge in [-0.05, 0) is 69.7 Å². The van der Waals surface area contributed by atoms with Crippen molar-refractivity contribution in [3.05, 3.63) is 23.3 Å². The molecule has 1 aliphatic rings. The molecule has 4 nitrogen and oxygen atoms in total. The summed E-state index contributed by atoms with van der Waals surface area (Å²) in [6.45, 7) is 11.0. The van der Waals surface area contributed by atoms with Crippen LogP contribution < -0.4 is 10.1 Å². The molecule has 1 amide bonds. The zero-order chi connectivity index (χ0) is 19.2. The molecule has 0 heterocycles. The van der Waals surface area contributed by atoms with Crippen LogP contribution in [0.1, 0.15) is 76.8 Å². The van der Waals surface area contributed by atoms with Crippen molar-refractivity contribution in [1.29, 1.82) is 0 Å². The van der Waals surface area contributed by atoms with Crippen LogP contribution in [0.3, 0.4) is 0 Å². The van der Waals surface area contributed by atoms with Gasteiger partial charge >= 0.3 is 0 Å². The summed E-state index contributed by atoms with van der Waals surface area (Å²) in [4.78, 5) is 13.1. The minimum Gasteiger partial charge on any atom is -0.490 e. The van der Waals surface area contributed by atoms with E-state index in [-0.39, 0.29) is 12.0 Å². The SMILES string of the molecule is CCCOC1(C(=O)Nc2cc(C)c(OC(C)CC)c(C)c2)CCCCC1. The van der Waals surface area contributed by atoms with E-state index >= 15 is 0 Å². The first kappa shape index (κ1) is 20.8. The number of amides is 1. The van der Waals surface area contributed by atoms with E-state index in [0.29, 0.717) is 6.61 Å². The Morgan fingerprint density at radius 2 is 1.77 bits per heavy atom. The molecule has 1 N–H and O–H groups in total. The van der Waals surface area contributed by atoms with Crippen molar-refractivity contribution < 1.29 is 14.3 Å². The number of carbonyl (C=O) groups is 1. The van der Waals surface area contributed by atoms with Gasteiger partial charge in [0.25, 0.3) is 5.91 Å². The maximum absolute atomic E-state index is 13.1. The van der Waals surface area contributed by atoms with Crippen molar-refractivity contribution in [2.75, 3.05) is 11.9 Å². The molecule has 1 aliphatic carbocycles. The fourth-order valence-corrected chi connectivity index (χ4v) is 3.60. The fraction of sp³-hybridized carbons (Fsp3) is 0.682. The zero-order valence-corrected chi connectivity index (χ0v) is 17.1. The molecule has 0 saturated heterocycles. The van der Waals surface area contributed by atoms with E-state index in [4.69, 9.17) is 9.47 Å². The summed E-state index contributed by atoms with van der Waals surface area (Å²) in [5.74, 6) is 0.923. The first-order chi connectivity index (χ1) is 12.4. The first-order valence-corrected chi connectivity index (χ1v) is 10.1. The number of benzene rings is 1. The lowest BCUT2D eigenvalue weighted by atomic mass is 9.83. The molecule has 0 aliphatic heterocycles. The normalized spacial score (nSPS) is 17.6. The third kappa shape index (κ3) is 5.00. The predicted octanol–water partition coefficient (Wildman–Crippen LogP) is 5.55. The number of anilines is 1. The van der Waals surface area contributed by atoms with Crippen molar-refractivity contribution in [3.8, 4) is 5.75 Å². The molecule has 0 spiro atoms. The lowest BCUT2D eigenvalue weighted by Crippen LogP contribution is -2.47. The molecule has 0 bridgehead atoms. The van der Waals surface area contributed by atoms with Crippen LogP contribution >= 0.6 is 0 Å². The van der Waals surface area contributed by atoms with Gasteiger partial charge in [-0.15, -0.1) is 0 Å². The van der Waals surface area contributed by atoms with Gasteiger partial charge in [0.05, 0.1) is 6.10 Å². The van der Waals surface area contributed by atoms with Crippen LogP contribution in [0.5, 0.6) is 5.75 Å². The second kappa shape index (κ2) is 9.40. The summed E-state index contributed by atoms with van der Waals surface area (Å²) < 4.78 is 12.1. The minimum absolute atomic E-state index is 0.0000413. The van der Waals surface area contributed by atoms with Crippen molar-refractivity contribution in [1.82, 2.24) is 0 Å². The number of hydrogen-bond donors (Lipinski definition) is 1. The highest BCUT2D eigenvalue weighted by atomic mass is 16.5. The highest BCUT2D eigenvalue weighted by Gasteiger charge is 2.40. The Balaban J connectivity index is 2.16. The molecule has 0 aromatic heterocycles. The summed E-state index contributed by atoms with van der Waals surface area (Å²) in [7, 11) is 0. The van der Waals surface area contributed by atoms with E-state index in [1.54, 1.807) is 0 Å². The Morgan fingerprint density at radius 1 is 1.15 bits per heavy atom. The molecule has 4 heteroatoms. The van der Waals surface area contributed by atoms with Crippen LogP contribution in [0.15, 0.2) is 12.1 Å². The Hall–Kier alpha value is -1.55. The molecule has 0 radical (unpaired) electrons. The van der Waals surface area contributed by atoms with Gasteiger partial charge in [0.1, 0.15) is 11.4 Å². The molecule has 2 rings (SSSR count). The average Bonchev–Trinajstić information content (AvgIpc) is 2.63. The summed E-state index contributed by atoms with van der Waals surface area (Å²) in [6, 6.07) is 4.00. The molecule has 1 aromatic carbocycles. The van der Waals surface area contributed by atoms with Gasteiger partial charge in [0, 0.05) is 12.3 Å². The molecule has 1 aromatic rings. The monoisotopic (exact) mass is 361 g/mol. The second-order valence-corrected chi connectivity index (χ2v) is 7.63. The van der Waals surface area contributed by atoms with Gasteiger partial charge in [0.15, 0.2) is 0 Å². The third-order valence-corrected chi connectivity index (χ3v) is 5.27. The van der Waals surface area contributed by atoms with E-state index < -0.39 is 5.60 Å². The molecule has 1 fully saturated rings. The van der Waals surface area contributed by atoms with Crippen molar-refractivity contribution in [3.63, 3.8) is 0 Å². The van der Waals surface area contributed by atoms with Crippen LogP contribution in [0.4, 0.5) is 5.69 Å². The van der Waals surface area contributed by atoms with Gasteiger partial charge in [-0.25, -0.2) is 0 Å². The van der Waals surface area contributed by atoms with E-state index in [2.05, 4.69) is 26.1 Å². The van der Waals surface area contributed by atoms with Crippen LogP contribution in [-0.2, 0) is 9.53 Å². The Morgan fingerprint density at radius 3 is 2.31 bits per heavy atom. The minimum atomic E-state index is -0.665. The van der Waals surface area contributed by atoms with E-state index in [1.807, 2.05) is 26.0 Å². The van der Waals surface area contributed by atoms with E-state index in [0.717, 1.165) is 61.1 Å². The number of aryl methyl sites for hydroxylation is 2. The molecule has 26 heavy (non-hydrogen) atoms. The Bertz CT molecular complexity index is 582. The third-order valence-electron chi connectivity index (χ3n) is 5.27. The predicted molar refractivity (Wildman–Crippen MR) is 107 cm³/mol. The maximum Gasteiger partial charge on any atom is 0.256 e. The van der Waals surface area contributed by atoms with E-state index in [1.165, 1.54) is 6.42 Å². The molecular weight excluding hydrogens is 326 g/mol. The molecule has 146 valence electrons. The quantitative estimate of drug-likeness (QED) is 0.660. The van der Waals surface area contributed by atoms with Crippen LogP contribution in [-0.4, -0.2) is 24.2 Å². The molecule has 1 unspecified atom stereocenters. The number of nitrogens with one attached hydrogen (secondary N) is 1. The number of ether oxygens (including phenoxy) is 2. The van der Waals surface area contributed by atoms with Crippen LogP contribution in [0.25, 0.3) is 0 Å². The number of carbonyl (C=O) groups excluding carboxylic acids is 1. The summed E-state index contributed by atoms with van der Waals surface area (Å²) in [5, 5.41) is 3.12. The first-order valence-electron chi connectivity index (χ1n) is 10.1. The average molecular weight is 362 g/mol. The Kier molecular flexibility index (Phi) is 7.51. The van der Waals surface area contributed by atoms with Crippen molar-refractivity contribution >= 4 is 11.6 Å². The fourth-order valence-electron chi connectivity index (χ4n) is 3.60. The van der Waals surface area contributed by atoms with Gasteiger partial charge in [-0.2, -0.15) is 0 Å². The topological polar surface area (TPSA) is 47.6 Å². The smallest absolute Gasteiger partial charge is 0.256 e. The second-order valence-electron chi connectivity index (χ2n) is 7.63. The lowest BCUT2D eigenvalue weighted by Gasteiger charge is -2.35. The van der Waals surface area contributed by atoms with Gasteiger partial charge in [-0.1, -0.05) is 33.1 Å². The van der Waals surface area contributed by atoms with Crippen molar-refractivity contribution in [2.24, 2.45) is 0 Å². The van der Waals surface area contributed by atoms with E-state index in [9.17, 15) is 4.79 Å². The molecule has 1 atom stereocenters. The van der Waals surface area contributed by atoms with Gasteiger partial charge in [0.2, 0.25) is 0 Å². The standard InChI is InChI=1S/C22H35NO3/c1-6-13-25-22(11-9-8-10-12-22)21(24)23-19-14-16(3)20(17(4)15-19)26-18(5)7-2/h14-15,18H,6-13H2,1-5H3,(H,23,24). The van der Waals surface area contributed by atoms with Gasteiger partial charge < -0.3 is 14.8 Å². The Labute approximate surface area is 158 Å². The zero-order valence-electron chi connectivity index (χ0n) is 17.1. The molecule has 1 saturated carbocycles.